The summed E-state index contributed by atoms with van der Waals surface area (Å²) >= 11 is 3.33. The summed E-state index contributed by atoms with van der Waals surface area (Å²) in [5, 5.41) is 0. The molecule has 1 heterocycles. The molecule has 0 aliphatic rings. The maximum atomic E-state index is 10.8. The Morgan fingerprint density at radius 2 is 2.29 bits per heavy atom. The standard InChI is InChI=1S/C10H10BrNO2/c1-7(13)3-4-8-9(11)5-12-6-10(8)14-2/h3-6H,1-2H3/b4-3+. The fourth-order valence-electron chi connectivity index (χ4n) is 0.952. The molecule has 0 N–H and O–H groups in total. The highest BCUT2D eigenvalue weighted by Gasteiger charge is 2.04. The minimum atomic E-state index is -0.00392. The lowest BCUT2D eigenvalue weighted by molar-refractivity contribution is -0.112. The van der Waals surface area contributed by atoms with E-state index in [1.807, 2.05) is 0 Å². The highest BCUT2D eigenvalue weighted by molar-refractivity contribution is 9.10. The zero-order chi connectivity index (χ0) is 10.6. The van der Waals surface area contributed by atoms with E-state index in [0.29, 0.717) is 5.75 Å². The summed E-state index contributed by atoms with van der Waals surface area (Å²) in [6.45, 7) is 1.50. The molecule has 0 amide bonds. The summed E-state index contributed by atoms with van der Waals surface area (Å²) in [5.41, 5.74) is 0.817. The van der Waals surface area contributed by atoms with Gasteiger partial charge in [-0.3, -0.25) is 9.78 Å². The Labute approximate surface area is 90.9 Å². The van der Waals surface area contributed by atoms with Crippen molar-refractivity contribution in [3.63, 3.8) is 0 Å². The van der Waals surface area contributed by atoms with Gasteiger partial charge in [0, 0.05) is 16.2 Å². The van der Waals surface area contributed by atoms with Crippen molar-refractivity contribution < 1.29 is 9.53 Å². The van der Waals surface area contributed by atoms with Gasteiger partial charge in [0.15, 0.2) is 5.78 Å². The third-order valence-electron chi connectivity index (χ3n) is 1.61. The van der Waals surface area contributed by atoms with Crippen molar-refractivity contribution in [1.82, 2.24) is 4.98 Å². The van der Waals surface area contributed by atoms with Crippen LogP contribution in [0.1, 0.15) is 12.5 Å². The topological polar surface area (TPSA) is 39.2 Å². The molecule has 0 unspecified atom stereocenters. The Morgan fingerprint density at radius 3 is 2.86 bits per heavy atom. The van der Waals surface area contributed by atoms with Gasteiger partial charge in [-0.1, -0.05) is 0 Å². The predicted octanol–water partition coefficient (Wildman–Crippen LogP) is 2.45. The summed E-state index contributed by atoms with van der Waals surface area (Å²) in [7, 11) is 1.56. The van der Waals surface area contributed by atoms with Crippen LogP contribution < -0.4 is 4.74 Å². The molecule has 0 bridgehead atoms. The average Bonchev–Trinajstić information content (AvgIpc) is 2.15. The van der Waals surface area contributed by atoms with Gasteiger partial charge < -0.3 is 4.74 Å². The van der Waals surface area contributed by atoms with Crippen LogP contribution >= 0.6 is 15.9 Å². The quantitative estimate of drug-likeness (QED) is 0.780. The Bertz CT molecular complexity index is 374. The number of allylic oxidation sites excluding steroid dienone is 1. The molecule has 4 heteroatoms. The molecular weight excluding hydrogens is 246 g/mol. The van der Waals surface area contributed by atoms with Crippen molar-refractivity contribution in [2.75, 3.05) is 7.11 Å². The molecule has 1 aromatic heterocycles. The normalized spacial score (nSPS) is 10.5. The number of halogens is 1. The summed E-state index contributed by atoms with van der Waals surface area (Å²) < 4.78 is 5.90. The summed E-state index contributed by atoms with van der Waals surface area (Å²) in [4.78, 5) is 14.7. The average molecular weight is 256 g/mol. The van der Waals surface area contributed by atoms with Crippen molar-refractivity contribution >= 4 is 27.8 Å². The van der Waals surface area contributed by atoms with Crippen LogP contribution in [0.25, 0.3) is 6.08 Å². The first-order valence-corrected chi connectivity index (χ1v) is 4.80. The van der Waals surface area contributed by atoms with Gasteiger partial charge in [-0.05, 0) is 35.0 Å². The van der Waals surface area contributed by atoms with Gasteiger partial charge in [-0.25, -0.2) is 0 Å². The molecule has 0 radical (unpaired) electrons. The second kappa shape index (κ2) is 4.91. The van der Waals surface area contributed by atoms with Crippen LogP contribution in [-0.4, -0.2) is 17.9 Å². The molecule has 3 nitrogen and oxygen atoms in total. The number of hydrogen-bond acceptors (Lipinski definition) is 3. The number of ether oxygens (including phenoxy) is 1. The van der Waals surface area contributed by atoms with E-state index in [0.717, 1.165) is 10.0 Å². The molecule has 14 heavy (non-hydrogen) atoms. The summed E-state index contributed by atoms with van der Waals surface area (Å²) in [6.07, 6.45) is 6.45. The lowest BCUT2D eigenvalue weighted by Gasteiger charge is -2.04. The molecule has 0 saturated heterocycles. The monoisotopic (exact) mass is 255 g/mol. The van der Waals surface area contributed by atoms with Gasteiger partial charge in [-0.15, -0.1) is 0 Å². The van der Waals surface area contributed by atoms with E-state index in [1.165, 1.54) is 13.0 Å². The number of ketones is 1. The zero-order valence-electron chi connectivity index (χ0n) is 7.95. The van der Waals surface area contributed by atoms with E-state index in [-0.39, 0.29) is 5.78 Å². The molecule has 0 spiro atoms. The van der Waals surface area contributed by atoms with Crippen LogP contribution in [0.4, 0.5) is 0 Å². The Hall–Kier alpha value is -1.16. The van der Waals surface area contributed by atoms with Gasteiger partial charge in [-0.2, -0.15) is 0 Å². The number of pyridine rings is 1. The van der Waals surface area contributed by atoms with Crippen LogP contribution in [0, 0.1) is 0 Å². The third kappa shape index (κ3) is 2.67. The van der Waals surface area contributed by atoms with Gasteiger partial charge in [0.2, 0.25) is 0 Å². The number of hydrogen-bond donors (Lipinski definition) is 0. The van der Waals surface area contributed by atoms with Crippen LogP contribution in [0.3, 0.4) is 0 Å². The summed E-state index contributed by atoms with van der Waals surface area (Å²) in [5.74, 6) is 0.632. The van der Waals surface area contributed by atoms with Crippen molar-refractivity contribution in [1.29, 1.82) is 0 Å². The first-order chi connectivity index (χ1) is 6.65. The number of rotatable bonds is 3. The fraction of sp³-hybridized carbons (Fsp3) is 0.200. The number of carbonyl (C=O) groups excluding carboxylic acids is 1. The molecule has 0 atom stereocenters. The Balaban J connectivity index is 3.11. The highest BCUT2D eigenvalue weighted by atomic mass is 79.9. The SMILES string of the molecule is COc1cncc(Br)c1/C=C/C(C)=O. The minimum absolute atomic E-state index is 0.00392. The van der Waals surface area contributed by atoms with E-state index >= 15 is 0 Å². The van der Waals surface area contributed by atoms with E-state index in [9.17, 15) is 4.79 Å². The van der Waals surface area contributed by atoms with Crippen LogP contribution in [0.2, 0.25) is 0 Å². The fourth-order valence-corrected chi connectivity index (χ4v) is 1.40. The lowest BCUT2D eigenvalue weighted by atomic mass is 10.2. The first-order valence-electron chi connectivity index (χ1n) is 4.01. The maximum absolute atomic E-state index is 10.8. The van der Waals surface area contributed by atoms with Crippen molar-refractivity contribution in [3.05, 3.63) is 28.5 Å². The van der Waals surface area contributed by atoms with Crippen LogP contribution in [0.15, 0.2) is 22.9 Å². The number of carbonyl (C=O) groups is 1. The van der Waals surface area contributed by atoms with Crippen LogP contribution in [0.5, 0.6) is 5.75 Å². The highest BCUT2D eigenvalue weighted by Crippen LogP contribution is 2.26. The van der Waals surface area contributed by atoms with Crippen molar-refractivity contribution in [2.24, 2.45) is 0 Å². The molecule has 0 aliphatic carbocycles. The molecular formula is C10H10BrNO2. The Morgan fingerprint density at radius 1 is 1.57 bits per heavy atom. The third-order valence-corrected chi connectivity index (χ3v) is 2.24. The van der Waals surface area contributed by atoms with E-state index in [1.54, 1.807) is 25.6 Å². The van der Waals surface area contributed by atoms with Crippen molar-refractivity contribution in [2.45, 2.75) is 6.92 Å². The lowest BCUT2D eigenvalue weighted by Crippen LogP contribution is -1.90. The number of methoxy groups -OCH3 is 1. The first kappa shape index (κ1) is 10.9. The number of nitrogens with zero attached hydrogens (tertiary/aromatic N) is 1. The molecule has 0 fully saturated rings. The van der Waals surface area contributed by atoms with Gasteiger partial charge in [0.05, 0.1) is 13.3 Å². The summed E-state index contributed by atoms with van der Waals surface area (Å²) in [6, 6.07) is 0. The smallest absolute Gasteiger partial charge is 0.152 e. The molecule has 0 aromatic carbocycles. The van der Waals surface area contributed by atoms with Gasteiger partial charge >= 0.3 is 0 Å². The predicted molar refractivity (Wildman–Crippen MR) is 58.2 cm³/mol. The van der Waals surface area contributed by atoms with Crippen LogP contribution in [-0.2, 0) is 4.79 Å². The Kier molecular flexibility index (Phi) is 3.83. The van der Waals surface area contributed by atoms with E-state index < -0.39 is 0 Å². The molecule has 1 aromatic rings. The number of aromatic nitrogens is 1. The molecule has 0 aliphatic heterocycles. The maximum Gasteiger partial charge on any atom is 0.152 e. The van der Waals surface area contributed by atoms with E-state index in [2.05, 4.69) is 20.9 Å². The molecule has 74 valence electrons. The zero-order valence-corrected chi connectivity index (χ0v) is 9.54. The van der Waals surface area contributed by atoms with Crippen molar-refractivity contribution in [3.8, 4) is 5.75 Å². The van der Waals surface area contributed by atoms with Gasteiger partial charge in [0.1, 0.15) is 5.75 Å². The largest absolute Gasteiger partial charge is 0.494 e. The minimum Gasteiger partial charge on any atom is -0.494 e. The molecule has 1 rings (SSSR count). The molecule has 0 saturated carbocycles. The van der Waals surface area contributed by atoms with Gasteiger partial charge in [0.25, 0.3) is 0 Å². The second-order valence-corrected chi connectivity index (χ2v) is 3.54. The van der Waals surface area contributed by atoms with E-state index in [4.69, 9.17) is 4.74 Å². The second-order valence-electron chi connectivity index (χ2n) is 2.68.